The molecule has 2 fully saturated rings. The highest BCUT2D eigenvalue weighted by Crippen LogP contribution is 2.21. The molecule has 0 N–H and O–H groups in total. The molecular formula is C20H23BrN4O3. The molecule has 7 nitrogen and oxygen atoms in total. The number of ether oxygens (including phenoxy) is 2. The Morgan fingerprint density at radius 3 is 2.54 bits per heavy atom. The van der Waals surface area contributed by atoms with Crippen molar-refractivity contribution in [2.75, 3.05) is 44.3 Å². The zero-order chi connectivity index (χ0) is 19.3. The predicted molar refractivity (Wildman–Crippen MR) is 109 cm³/mol. The Labute approximate surface area is 172 Å². The lowest BCUT2D eigenvalue weighted by Crippen LogP contribution is -2.44. The predicted octanol–water partition coefficient (Wildman–Crippen LogP) is 2.76. The number of carbonyl (C=O) groups is 1. The van der Waals surface area contributed by atoms with Gasteiger partial charge < -0.3 is 19.3 Å². The molecule has 2 saturated heterocycles. The van der Waals surface area contributed by atoms with Gasteiger partial charge in [0.2, 0.25) is 0 Å². The molecule has 8 heteroatoms. The van der Waals surface area contributed by atoms with Crippen molar-refractivity contribution >= 4 is 27.5 Å². The van der Waals surface area contributed by atoms with Crippen LogP contribution in [-0.4, -0.2) is 66.3 Å². The summed E-state index contributed by atoms with van der Waals surface area (Å²) in [4.78, 5) is 25.4. The first-order valence-corrected chi connectivity index (χ1v) is 10.3. The van der Waals surface area contributed by atoms with Crippen molar-refractivity contribution in [2.45, 2.75) is 18.9 Å². The third kappa shape index (κ3) is 4.62. The third-order valence-electron chi connectivity index (χ3n) is 5.02. The largest absolute Gasteiger partial charge is 0.458 e. The first kappa shape index (κ1) is 19.1. The molecule has 0 radical (unpaired) electrons. The number of hydrogen-bond donors (Lipinski definition) is 0. The molecule has 1 amide bonds. The molecule has 148 valence electrons. The van der Waals surface area contributed by atoms with E-state index in [2.05, 4.69) is 30.8 Å². The lowest BCUT2D eigenvalue weighted by Gasteiger charge is -2.32. The van der Waals surface area contributed by atoms with E-state index in [0.717, 1.165) is 55.8 Å². The number of anilines is 1. The molecule has 1 aromatic heterocycles. The van der Waals surface area contributed by atoms with Crippen LogP contribution in [0.2, 0.25) is 0 Å². The molecule has 0 aliphatic carbocycles. The summed E-state index contributed by atoms with van der Waals surface area (Å²) in [5.74, 6) is 0.0403. The maximum absolute atomic E-state index is 12.9. The van der Waals surface area contributed by atoms with Gasteiger partial charge in [0.25, 0.3) is 5.91 Å². The molecule has 1 atom stereocenters. The van der Waals surface area contributed by atoms with E-state index in [-0.39, 0.29) is 12.0 Å². The van der Waals surface area contributed by atoms with Crippen LogP contribution < -0.4 is 9.64 Å². The van der Waals surface area contributed by atoms with Crippen molar-refractivity contribution in [3.05, 3.63) is 46.7 Å². The van der Waals surface area contributed by atoms with Crippen LogP contribution in [0.5, 0.6) is 6.01 Å². The van der Waals surface area contributed by atoms with E-state index in [4.69, 9.17) is 9.47 Å². The van der Waals surface area contributed by atoms with Gasteiger partial charge in [-0.3, -0.25) is 4.79 Å². The van der Waals surface area contributed by atoms with E-state index in [1.807, 2.05) is 29.2 Å². The van der Waals surface area contributed by atoms with Crippen molar-refractivity contribution in [1.29, 1.82) is 0 Å². The average Bonchev–Trinajstić information content (AvgIpc) is 2.76. The smallest absolute Gasteiger partial charge is 0.316 e. The molecule has 3 heterocycles. The number of benzene rings is 1. The summed E-state index contributed by atoms with van der Waals surface area (Å²) < 4.78 is 12.1. The number of aromatic nitrogens is 2. The molecule has 28 heavy (non-hydrogen) atoms. The Kier molecular flexibility index (Phi) is 6.07. The van der Waals surface area contributed by atoms with Gasteiger partial charge in [-0.15, -0.1) is 0 Å². The fraction of sp³-hybridized carbons (Fsp3) is 0.450. The molecular weight excluding hydrogens is 424 g/mol. The standard InChI is InChI=1S/C20H23BrN4O3/c21-16-12-22-20(23-13-16)28-18-2-1-7-25(14-18)19(26)15-3-5-17(6-4-15)24-8-10-27-11-9-24/h3-6,12-13,18H,1-2,7-11,14H2. The quantitative estimate of drug-likeness (QED) is 0.718. The molecule has 0 saturated carbocycles. The van der Waals surface area contributed by atoms with E-state index in [1.54, 1.807) is 12.4 Å². The summed E-state index contributed by atoms with van der Waals surface area (Å²) in [5.41, 5.74) is 1.84. The topological polar surface area (TPSA) is 67.8 Å². The zero-order valence-corrected chi connectivity index (χ0v) is 17.2. The summed E-state index contributed by atoms with van der Waals surface area (Å²) in [6.45, 7) is 4.55. The molecule has 4 rings (SSSR count). The summed E-state index contributed by atoms with van der Waals surface area (Å²) in [5, 5.41) is 0. The summed E-state index contributed by atoms with van der Waals surface area (Å²) in [6.07, 6.45) is 5.01. The maximum Gasteiger partial charge on any atom is 0.316 e. The number of rotatable bonds is 4. The normalized spacial score (nSPS) is 20.1. The Morgan fingerprint density at radius 2 is 1.82 bits per heavy atom. The minimum Gasteiger partial charge on any atom is -0.458 e. The summed E-state index contributed by atoms with van der Waals surface area (Å²) in [7, 11) is 0. The van der Waals surface area contributed by atoms with E-state index in [1.165, 1.54) is 0 Å². The monoisotopic (exact) mass is 446 g/mol. The highest BCUT2D eigenvalue weighted by Gasteiger charge is 2.26. The highest BCUT2D eigenvalue weighted by atomic mass is 79.9. The second kappa shape index (κ2) is 8.87. The Morgan fingerprint density at radius 1 is 1.11 bits per heavy atom. The van der Waals surface area contributed by atoms with Crippen LogP contribution in [-0.2, 0) is 4.74 Å². The Hall–Kier alpha value is -2.19. The first-order valence-electron chi connectivity index (χ1n) is 9.55. The number of hydrogen-bond acceptors (Lipinski definition) is 6. The van der Waals surface area contributed by atoms with E-state index in [9.17, 15) is 4.79 Å². The number of amides is 1. The van der Waals surface area contributed by atoms with Crippen LogP contribution in [0.1, 0.15) is 23.2 Å². The Bertz CT molecular complexity index is 794. The van der Waals surface area contributed by atoms with Crippen molar-refractivity contribution in [1.82, 2.24) is 14.9 Å². The van der Waals surface area contributed by atoms with Gasteiger partial charge in [0.05, 0.1) is 24.2 Å². The van der Waals surface area contributed by atoms with Gasteiger partial charge in [0.15, 0.2) is 0 Å². The van der Waals surface area contributed by atoms with Crippen molar-refractivity contribution < 1.29 is 14.3 Å². The van der Waals surface area contributed by atoms with Crippen LogP contribution in [0.15, 0.2) is 41.1 Å². The molecule has 2 aliphatic rings. The first-order chi connectivity index (χ1) is 13.7. The molecule has 0 bridgehead atoms. The van der Waals surface area contributed by atoms with Crippen LogP contribution in [0.25, 0.3) is 0 Å². The number of halogens is 1. The minimum atomic E-state index is -0.0912. The summed E-state index contributed by atoms with van der Waals surface area (Å²) >= 11 is 3.31. The number of piperidine rings is 1. The number of morpholine rings is 1. The third-order valence-corrected chi connectivity index (χ3v) is 5.43. The fourth-order valence-corrected chi connectivity index (χ4v) is 3.75. The van der Waals surface area contributed by atoms with E-state index < -0.39 is 0 Å². The second-order valence-corrected chi connectivity index (χ2v) is 7.88. The number of likely N-dealkylation sites (tertiary alicyclic amines) is 1. The van der Waals surface area contributed by atoms with Gasteiger partial charge in [-0.05, 0) is 53.0 Å². The SMILES string of the molecule is O=C(c1ccc(N2CCOCC2)cc1)N1CCCC(Oc2ncc(Br)cn2)C1. The summed E-state index contributed by atoms with van der Waals surface area (Å²) in [6, 6.07) is 8.21. The molecule has 2 aromatic rings. The lowest BCUT2D eigenvalue weighted by molar-refractivity contribution is 0.0515. The van der Waals surface area contributed by atoms with Crippen LogP contribution in [0.3, 0.4) is 0 Å². The van der Waals surface area contributed by atoms with Crippen LogP contribution in [0, 0.1) is 0 Å². The maximum atomic E-state index is 12.9. The number of carbonyl (C=O) groups excluding carboxylic acids is 1. The van der Waals surface area contributed by atoms with Crippen LogP contribution >= 0.6 is 15.9 Å². The van der Waals surface area contributed by atoms with Crippen LogP contribution in [0.4, 0.5) is 5.69 Å². The van der Waals surface area contributed by atoms with Gasteiger partial charge in [-0.2, -0.15) is 0 Å². The van der Waals surface area contributed by atoms with Gasteiger partial charge >= 0.3 is 6.01 Å². The number of nitrogens with zero attached hydrogens (tertiary/aromatic N) is 4. The second-order valence-electron chi connectivity index (χ2n) is 6.96. The Balaban J connectivity index is 1.37. The lowest BCUT2D eigenvalue weighted by atomic mass is 10.1. The van der Waals surface area contributed by atoms with Crippen molar-refractivity contribution in [2.24, 2.45) is 0 Å². The fourth-order valence-electron chi connectivity index (χ4n) is 3.55. The molecule has 1 unspecified atom stereocenters. The van der Waals surface area contributed by atoms with Gasteiger partial charge in [0.1, 0.15) is 6.10 Å². The van der Waals surface area contributed by atoms with Crippen molar-refractivity contribution in [3.63, 3.8) is 0 Å². The molecule has 2 aliphatic heterocycles. The van der Waals surface area contributed by atoms with Gasteiger partial charge in [-0.1, -0.05) is 0 Å². The highest BCUT2D eigenvalue weighted by molar-refractivity contribution is 9.10. The van der Waals surface area contributed by atoms with Gasteiger partial charge in [0, 0.05) is 43.3 Å². The zero-order valence-electron chi connectivity index (χ0n) is 15.6. The molecule has 0 spiro atoms. The average molecular weight is 447 g/mol. The van der Waals surface area contributed by atoms with E-state index in [0.29, 0.717) is 18.1 Å². The molecule has 1 aromatic carbocycles. The minimum absolute atomic E-state index is 0.0403. The van der Waals surface area contributed by atoms with Crippen molar-refractivity contribution in [3.8, 4) is 6.01 Å². The van der Waals surface area contributed by atoms with E-state index >= 15 is 0 Å². The van der Waals surface area contributed by atoms with Gasteiger partial charge in [-0.25, -0.2) is 9.97 Å².